The van der Waals surface area contributed by atoms with E-state index in [4.69, 9.17) is 27.9 Å². The Hall–Kier alpha value is -1.56. The van der Waals surface area contributed by atoms with Crippen molar-refractivity contribution in [2.24, 2.45) is 0 Å². The molecular weight excluding hydrogens is 325 g/mol. The fourth-order valence-corrected chi connectivity index (χ4v) is 3.32. The van der Waals surface area contributed by atoms with Crippen molar-refractivity contribution in [1.82, 2.24) is 15.1 Å². The van der Waals surface area contributed by atoms with Crippen molar-refractivity contribution in [3.63, 3.8) is 0 Å². The van der Waals surface area contributed by atoms with Gasteiger partial charge in [-0.2, -0.15) is 5.10 Å². The van der Waals surface area contributed by atoms with Crippen LogP contribution in [-0.4, -0.2) is 41.3 Å². The van der Waals surface area contributed by atoms with Gasteiger partial charge in [0.05, 0.1) is 12.6 Å². The second-order valence-corrected chi connectivity index (χ2v) is 6.01. The molecule has 1 aliphatic rings. The van der Waals surface area contributed by atoms with Gasteiger partial charge >= 0.3 is 0 Å². The molecule has 0 saturated heterocycles. The number of carbonyl (C=O) groups excluding carboxylic acids is 1. The number of aromatic amines is 1. The smallest absolute Gasteiger partial charge is 0.275 e. The molecule has 0 radical (unpaired) electrons. The van der Waals surface area contributed by atoms with Gasteiger partial charge in [-0.3, -0.25) is 9.89 Å². The number of aromatic nitrogens is 2. The number of benzene rings is 1. The monoisotopic (exact) mass is 339 g/mol. The summed E-state index contributed by atoms with van der Waals surface area (Å²) in [7, 11) is 1.61. The van der Waals surface area contributed by atoms with Crippen molar-refractivity contribution >= 4 is 29.1 Å². The molecule has 116 valence electrons. The van der Waals surface area contributed by atoms with Crippen LogP contribution in [0.3, 0.4) is 0 Å². The van der Waals surface area contributed by atoms with E-state index in [0.717, 1.165) is 16.8 Å². The van der Waals surface area contributed by atoms with Gasteiger partial charge < -0.3 is 9.64 Å². The third-order valence-corrected chi connectivity index (χ3v) is 4.40. The van der Waals surface area contributed by atoms with Crippen molar-refractivity contribution in [3.8, 4) is 0 Å². The maximum Gasteiger partial charge on any atom is 0.275 e. The highest BCUT2D eigenvalue weighted by Crippen LogP contribution is 2.42. The van der Waals surface area contributed by atoms with E-state index in [1.54, 1.807) is 24.1 Å². The zero-order valence-electron chi connectivity index (χ0n) is 12.2. The average molecular weight is 340 g/mol. The Bertz CT molecular complexity index is 730. The molecule has 1 N–H and O–H groups in total. The first-order valence-corrected chi connectivity index (χ1v) is 7.60. The highest BCUT2D eigenvalue weighted by Gasteiger charge is 2.41. The van der Waals surface area contributed by atoms with Gasteiger partial charge in [0.15, 0.2) is 5.69 Å². The first-order valence-electron chi connectivity index (χ1n) is 6.84. The Morgan fingerprint density at radius 3 is 2.86 bits per heavy atom. The summed E-state index contributed by atoms with van der Waals surface area (Å²) in [5, 5.41) is 8.10. The van der Waals surface area contributed by atoms with Crippen LogP contribution in [0.5, 0.6) is 0 Å². The largest absolute Gasteiger partial charge is 0.383 e. The first-order chi connectivity index (χ1) is 10.5. The minimum atomic E-state index is -0.277. The summed E-state index contributed by atoms with van der Waals surface area (Å²) < 4.78 is 5.12. The summed E-state index contributed by atoms with van der Waals surface area (Å²) >= 11 is 12.3. The molecule has 1 aromatic carbocycles. The van der Waals surface area contributed by atoms with E-state index in [2.05, 4.69) is 10.2 Å². The lowest BCUT2D eigenvalue weighted by Gasteiger charge is -2.26. The number of H-pyrrole nitrogens is 1. The lowest BCUT2D eigenvalue weighted by molar-refractivity contribution is 0.0677. The van der Waals surface area contributed by atoms with Crippen LogP contribution in [0.4, 0.5) is 0 Å². The second kappa shape index (κ2) is 5.91. The molecular formula is C15H15Cl2N3O2. The molecule has 0 spiro atoms. The first kappa shape index (κ1) is 15.3. The third-order valence-electron chi connectivity index (χ3n) is 3.84. The van der Waals surface area contributed by atoms with Crippen LogP contribution in [0.2, 0.25) is 10.0 Å². The average Bonchev–Trinajstić information content (AvgIpc) is 2.97. The lowest BCUT2D eigenvalue weighted by atomic mass is 9.99. The van der Waals surface area contributed by atoms with Gasteiger partial charge in [0.2, 0.25) is 0 Å². The quantitative estimate of drug-likeness (QED) is 0.930. The standard InChI is InChI=1S/C15H15Cl2N3O2/c1-8-12-13(19-18-8)15(21)20(5-6-22-2)14(12)10-4-3-9(16)7-11(10)17/h3-4,7,14H,5-6H2,1-2H3,(H,18,19)/t14-/m1/s1. The molecule has 0 aliphatic carbocycles. The van der Waals surface area contributed by atoms with E-state index in [9.17, 15) is 4.79 Å². The molecule has 22 heavy (non-hydrogen) atoms. The van der Waals surface area contributed by atoms with E-state index < -0.39 is 0 Å². The van der Waals surface area contributed by atoms with Crippen LogP contribution in [0.25, 0.3) is 0 Å². The number of methoxy groups -OCH3 is 1. The summed E-state index contributed by atoms with van der Waals surface area (Å²) in [5.41, 5.74) is 3.01. The second-order valence-electron chi connectivity index (χ2n) is 5.17. The number of nitrogens with one attached hydrogen (secondary N) is 1. The summed E-state index contributed by atoms with van der Waals surface area (Å²) in [4.78, 5) is 14.3. The minimum absolute atomic E-state index is 0.118. The number of ether oxygens (including phenoxy) is 1. The van der Waals surface area contributed by atoms with Gasteiger partial charge in [-0.15, -0.1) is 0 Å². The molecule has 1 aliphatic heterocycles. The fraction of sp³-hybridized carbons (Fsp3) is 0.333. The lowest BCUT2D eigenvalue weighted by Crippen LogP contribution is -2.32. The zero-order chi connectivity index (χ0) is 15.9. The maximum atomic E-state index is 12.6. The molecule has 1 aromatic heterocycles. The molecule has 7 heteroatoms. The Balaban J connectivity index is 2.11. The van der Waals surface area contributed by atoms with Crippen molar-refractivity contribution in [1.29, 1.82) is 0 Å². The normalized spacial score (nSPS) is 17.2. The van der Waals surface area contributed by atoms with E-state index in [0.29, 0.717) is 28.9 Å². The molecule has 5 nitrogen and oxygen atoms in total. The van der Waals surface area contributed by atoms with E-state index in [1.807, 2.05) is 13.0 Å². The van der Waals surface area contributed by atoms with Crippen LogP contribution in [-0.2, 0) is 4.74 Å². The van der Waals surface area contributed by atoms with Crippen LogP contribution < -0.4 is 0 Å². The number of hydrogen-bond acceptors (Lipinski definition) is 3. The number of fused-ring (bicyclic) bond motifs is 1. The number of amides is 1. The van der Waals surface area contributed by atoms with Crippen molar-refractivity contribution in [2.75, 3.05) is 20.3 Å². The van der Waals surface area contributed by atoms with E-state index in [1.165, 1.54) is 0 Å². The van der Waals surface area contributed by atoms with Crippen LogP contribution in [0, 0.1) is 6.92 Å². The Labute approximate surface area is 138 Å². The molecule has 1 amide bonds. The Morgan fingerprint density at radius 1 is 1.41 bits per heavy atom. The molecule has 1 atom stereocenters. The molecule has 2 aromatic rings. The van der Waals surface area contributed by atoms with Gasteiger partial charge in [0.1, 0.15) is 0 Å². The topological polar surface area (TPSA) is 58.2 Å². The summed E-state index contributed by atoms with van der Waals surface area (Å²) in [6.45, 7) is 2.81. The van der Waals surface area contributed by atoms with Gasteiger partial charge in [0, 0.05) is 35.0 Å². The van der Waals surface area contributed by atoms with Gasteiger partial charge in [-0.25, -0.2) is 0 Å². The van der Waals surface area contributed by atoms with Crippen LogP contribution in [0.1, 0.15) is 33.4 Å². The Kier molecular flexibility index (Phi) is 4.12. The highest BCUT2D eigenvalue weighted by molar-refractivity contribution is 6.35. The predicted octanol–water partition coefficient (Wildman–Crippen LogP) is 3.22. The van der Waals surface area contributed by atoms with Crippen molar-refractivity contribution in [3.05, 3.63) is 50.8 Å². The molecule has 3 rings (SSSR count). The number of nitrogens with zero attached hydrogens (tertiary/aromatic N) is 2. The van der Waals surface area contributed by atoms with Gasteiger partial charge in [-0.05, 0) is 24.6 Å². The number of halogens is 2. The summed E-state index contributed by atoms with van der Waals surface area (Å²) in [6.07, 6.45) is 0. The number of aryl methyl sites for hydroxylation is 1. The van der Waals surface area contributed by atoms with Gasteiger partial charge in [-0.1, -0.05) is 29.3 Å². The molecule has 0 saturated carbocycles. The third kappa shape index (κ3) is 2.39. The van der Waals surface area contributed by atoms with Gasteiger partial charge in [0.25, 0.3) is 5.91 Å². The van der Waals surface area contributed by atoms with E-state index in [-0.39, 0.29) is 11.9 Å². The highest BCUT2D eigenvalue weighted by atomic mass is 35.5. The predicted molar refractivity (Wildman–Crippen MR) is 84.5 cm³/mol. The summed E-state index contributed by atoms with van der Waals surface area (Å²) in [5.74, 6) is -0.118. The van der Waals surface area contributed by atoms with Crippen LogP contribution in [0.15, 0.2) is 18.2 Å². The number of hydrogen-bond donors (Lipinski definition) is 1. The fourth-order valence-electron chi connectivity index (χ4n) is 2.81. The molecule has 0 fully saturated rings. The number of rotatable bonds is 4. The van der Waals surface area contributed by atoms with Crippen molar-refractivity contribution < 1.29 is 9.53 Å². The Morgan fingerprint density at radius 2 is 2.18 bits per heavy atom. The zero-order valence-corrected chi connectivity index (χ0v) is 13.7. The molecule has 0 unspecified atom stereocenters. The van der Waals surface area contributed by atoms with Crippen LogP contribution >= 0.6 is 23.2 Å². The molecule has 0 bridgehead atoms. The number of carbonyl (C=O) groups is 1. The summed E-state index contributed by atoms with van der Waals surface area (Å²) in [6, 6.07) is 5.03. The maximum absolute atomic E-state index is 12.6. The van der Waals surface area contributed by atoms with Crippen molar-refractivity contribution in [2.45, 2.75) is 13.0 Å². The van der Waals surface area contributed by atoms with E-state index >= 15 is 0 Å². The SMILES string of the molecule is COCCN1C(=O)c2n[nH]c(C)c2[C@H]1c1ccc(Cl)cc1Cl. The minimum Gasteiger partial charge on any atom is -0.383 e. The molecule has 2 heterocycles.